The normalized spacial score (nSPS) is 10.4. The quantitative estimate of drug-likeness (QED) is 0.812. The molecule has 11 heavy (non-hydrogen) atoms. The van der Waals surface area contributed by atoms with Crippen LogP contribution < -0.4 is 5.73 Å². The number of unbranched alkanes of at least 4 members (excludes halogenated alkanes) is 1. The van der Waals surface area contributed by atoms with E-state index in [0.717, 1.165) is 29.6 Å². The van der Waals surface area contributed by atoms with Gasteiger partial charge in [-0.3, -0.25) is 0 Å². The second-order valence-electron chi connectivity index (χ2n) is 2.30. The maximum Gasteiger partial charge on any atom is 0.0936 e. The molecular weight excluding hydrogens is 224 g/mol. The van der Waals surface area contributed by atoms with Crippen molar-refractivity contribution in [2.75, 3.05) is 6.54 Å². The average molecular weight is 235 g/mol. The maximum atomic E-state index is 5.37. The van der Waals surface area contributed by atoms with Gasteiger partial charge in [0.1, 0.15) is 0 Å². The van der Waals surface area contributed by atoms with Crippen LogP contribution in [-0.4, -0.2) is 11.5 Å². The third-order valence-corrected chi connectivity index (χ3v) is 2.91. The van der Waals surface area contributed by atoms with E-state index in [9.17, 15) is 0 Å². The first kappa shape index (κ1) is 9.16. The van der Waals surface area contributed by atoms with E-state index in [1.165, 1.54) is 5.01 Å². The Morgan fingerprint density at radius 3 is 2.91 bits per heavy atom. The molecule has 0 aromatic carbocycles. The van der Waals surface area contributed by atoms with Gasteiger partial charge in [0.15, 0.2) is 0 Å². The molecule has 0 aliphatic heterocycles. The Bertz CT molecular complexity index is 212. The Balaban J connectivity index is 2.27. The minimum Gasteiger partial charge on any atom is -0.330 e. The Kier molecular flexibility index (Phi) is 4.04. The highest BCUT2D eigenvalue weighted by Gasteiger charge is 1.97. The largest absolute Gasteiger partial charge is 0.330 e. The van der Waals surface area contributed by atoms with Gasteiger partial charge in [0, 0.05) is 0 Å². The fraction of sp³-hybridized carbons (Fsp3) is 0.571. The minimum atomic E-state index is 0.784. The highest BCUT2D eigenvalue weighted by Crippen LogP contribution is 2.20. The predicted octanol–water partition coefficient (Wildman–Crippen LogP) is 2.19. The van der Waals surface area contributed by atoms with Gasteiger partial charge in [-0.05, 0) is 41.7 Å². The number of aryl methyl sites for hydroxylation is 1. The number of nitrogens with two attached hydrogens (primary N) is 1. The number of rotatable bonds is 4. The van der Waals surface area contributed by atoms with Crippen molar-refractivity contribution < 1.29 is 0 Å². The second kappa shape index (κ2) is 4.85. The monoisotopic (exact) mass is 234 g/mol. The zero-order valence-corrected chi connectivity index (χ0v) is 8.62. The summed E-state index contributed by atoms with van der Waals surface area (Å²) in [6.45, 7) is 0.784. The van der Waals surface area contributed by atoms with Crippen LogP contribution >= 0.6 is 27.3 Å². The van der Waals surface area contributed by atoms with Crippen molar-refractivity contribution >= 4 is 27.3 Å². The van der Waals surface area contributed by atoms with E-state index < -0.39 is 0 Å². The van der Waals surface area contributed by atoms with Gasteiger partial charge in [-0.2, -0.15) is 0 Å². The van der Waals surface area contributed by atoms with Crippen LogP contribution in [0, 0.1) is 0 Å². The molecule has 1 aromatic heterocycles. The molecule has 2 nitrogen and oxygen atoms in total. The summed E-state index contributed by atoms with van der Waals surface area (Å²) in [5.41, 5.74) is 5.37. The van der Waals surface area contributed by atoms with E-state index >= 15 is 0 Å². The molecule has 0 atom stereocenters. The lowest BCUT2D eigenvalue weighted by atomic mass is 10.2. The van der Waals surface area contributed by atoms with Gasteiger partial charge in [0.05, 0.1) is 15.0 Å². The summed E-state index contributed by atoms with van der Waals surface area (Å²) in [6.07, 6.45) is 5.16. The van der Waals surface area contributed by atoms with Gasteiger partial charge >= 0.3 is 0 Å². The van der Waals surface area contributed by atoms with Crippen LogP contribution in [0.2, 0.25) is 0 Å². The van der Waals surface area contributed by atoms with Crippen molar-refractivity contribution in [2.45, 2.75) is 19.3 Å². The van der Waals surface area contributed by atoms with E-state index in [1.807, 2.05) is 6.20 Å². The first-order valence-corrected chi connectivity index (χ1v) is 5.24. The maximum absolute atomic E-state index is 5.37. The molecule has 1 rings (SSSR count). The lowest BCUT2D eigenvalue weighted by Crippen LogP contribution is -1.98. The first-order chi connectivity index (χ1) is 5.33. The van der Waals surface area contributed by atoms with Crippen molar-refractivity contribution in [3.05, 3.63) is 15.0 Å². The molecule has 0 fully saturated rings. The van der Waals surface area contributed by atoms with E-state index in [-0.39, 0.29) is 0 Å². The standard InChI is InChI=1S/C7H11BrN2S/c8-6-5-10-7(11-6)3-1-2-4-9/h5H,1-4,9H2. The Labute approximate surface area is 79.0 Å². The molecule has 0 radical (unpaired) electrons. The first-order valence-electron chi connectivity index (χ1n) is 3.63. The van der Waals surface area contributed by atoms with E-state index in [1.54, 1.807) is 11.3 Å². The molecule has 2 N–H and O–H groups in total. The summed E-state index contributed by atoms with van der Waals surface area (Å²) in [5, 5.41) is 1.20. The van der Waals surface area contributed by atoms with Gasteiger partial charge in [-0.15, -0.1) is 11.3 Å². The zero-order chi connectivity index (χ0) is 8.10. The molecule has 1 heterocycles. The van der Waals surface area contributed by atoms with Gasteiger partial charge in [0.25, 0.3) is 0 Å². The molecule has 0 aliphatic carbocycles. The molecule has 0 saturated heterocycles. The van der Waals surface area contributed by atoms with Gasteiger partial charge in [0.2, 0.25) is 0 Å². The van der Waals surface area contributed by atoms with Crippen molar-refractivity contribution in [1.82, 2.24) is 4.98 Å². The van der Waals surface area contributed by atoms with Crippen molar-refractivity contribution in [3.63, 3.8) is 0 Å². The highest BCUT2D eigenvalue weighted by molar-refractivity contribution is 9.11. The van der Waals surface area contributed by atoms with Crippen LogP contribution in [0.25, 0.3) is 0 Å². The van der Waals surface area contributed by atoms with Crippen molar-refractivity contribution in [2.24, 2.45) is 5.73 Å². The zero-order valence-electron chi connectivity index (χ0n) is 6.22. The van der Waals surface area contributed by atoms with Crippen LogP contribution in [-0.2, 0) is 6.42 Å². The molecule has 0 saturated carbocycles. The Hall–Kier alpha value is 0.0700. The molecule has 4 heteroatoms. The van der Waals surface area contributed by atoms with Crippen LogP contribution in [0.1, 0.15) is 17.8 Å². The van der Waals surface area contributed by atoms with Crippen LogP contribution in [0.4, 0.5) is 0 Å². The molecule has 0 spiro atoms. The van der Waals surface area contributed by atoms with Crippen LogP contribution in [0.3, 0.4) is 0 Å². The molecule has 0 amide bonds. The Morgan fingerprint density at radius 1 is 1.55 bits per heavy atom. The summed E-state index contributed by atoms with van der Waals surface area (Å²) in [7, 11) is 0. The molecule has 0 aliphatic rings. The number of hydrogen-bond donors (Lipinski definition) is 1. The smallest absolute Gasteiger partial charge is 0.0936 e. The second-order valence-corrected chi connectivity index (χ2v) is 4.80. The third kappa shape index (κ3) is 3.31. The third-order valence-electron chi connectivity index (χ3n) is 1.37. The number of nitrogens with zero attached hydrogens (tertiary/aromatic N) is 1. The van der Waals surface area contributed by atoms with E-state index in [0.29, 0.717) is 0 Å². The molecule has 0 bridgehead atoms. The van der Waals surface area contributed by atoms with Gasteiger partial charge < -0.3 is 5.73 Å². The summed E-state index contributed by atoms with van der Waals surface area (Å²) in [5.74, 6) is 0. The number of halogens is 1. The Morgan fingerprint density at radius 2 is 2.36 bits per heavy atom. The van der Waals surface area contributed by atoms with Crippen molar-refractivity contribution in [1.29, 1.82) is 0 Å². The predicted molar refractivity (Wildman–Crippen MR) is 51.8 cm³/mol. The molecule has 1 aromatic rings. The number of aromatic nitrogens is 1. The fourth-order valence-electron chi connectivity index (χ4n) is 0.824. The van der Waals surface area contributed by atoms with Gasteiger partial charge in [-0.1, -0.05) is 0 Å². The summed E-state index contributed by atoms with van der Waals surface area (Å²) in [4.78, 5) is 4.22. The summed E-state index contributed by atoms with van der Waals surface area (Å²) in [6, 6.07) is 0. The average Bonchev–Trinajstić information content (AvgIpc) is 2.37. The lowest BCUT2D eigenvalue weighted by Gasteiger charge is -1.92. The lowest BCUT2D eigenvalue weighted by molar-refractivity contribution is 0.741. The number of hydrogen-bond acceptors (Lipinski definition) is 3. The molecular formula is C7H11BrN2S. The SMILES string of the molecule is NCCCCc1ncc(Br)s1. The molecule has 0 unspecified atom stereocenters. The topological polar surface area (TPSA) is 38.9 Å². The van der Waals surface area contributed by atoms with Gasteiger partial charge in [-0.25, -0.2) is 4.98 Å². The summed E-state index contributed by atoms with van der Waals surface area (Å²) < 4.78 is 1.11. The minimum absolute atomic E-state index is 0.784. The fourth-order valence-corrected chi connectivity index (χ4v) is 2.17. The van der Waals surface area contributed by atoms with Crippen LogP contribution in [0.15, 0.2) is 9.98 Å². The van der Waals surface area contributed by atoms with E-state index in [4.69, 9.17) is 5.73 Å². The molecule has 62 valence electrons. The number of thiazole rings is 1. The summed E-state index contributed by atoms with van der Waals surface area (Å²) >= 11 is 5.08. The van der Waals surface area contributed by atoms with E-state index in [2.05, 4.69) is 20.9 Å². The highest BCUT2D eigenvalue weighted by atomic mass is 79.9. The van der Waals surface area contributed by atoms with Crippen LogP contribution in [0.5, 0.6) is 0 Å². The van der Waals surface area contributed by atoms with Crippen molar-refractivity contribution in [3.8, 4) is 0 Å².